The van der Waals surface area contributed by atoms with Gasteiger partial charge in [0.05, 0.1) is 11.3 Å². The van der Waals surface area contributed by atoms with E-state index in [0.717, 1.165) is 5.69 Å². The number of tetrazole rings is 1. The first-order valence-electron chi connectivity index (χ1n) is 5.41. The van der Waals surface area contributed by atoms with Gasteiger partial charge in [-0.1, -0.05) is 0 Å². The van der Waals surface area contributed by atoms with Crippen molar-refractivity contribution in [2.24, 2.45) is 0 Å². The first-order chi connectivity index (χ1) is 9.33. The third-order valence-corrected chi connectivity index (χ3v) is 3.10. The normalized spacial score (nSPS) is 10.3. The number of esters is 1. The molecule has 6 nitrogen and oxygen atoms in total. The predicted molar refractivity (Wildman–Crippen MR) is 68.4 cm³/mol. The maximum absolute atomic E-state index is 11.7. The van der Waals surface area contributed by atoms with Gasteiger partial charge in [-0.15, -0.1) is 5.10 Å². The Labute approximate surface area is 112 Å². The summed E-state index contributed by atoms with van der Waals surface area (Å²) >= 11 is 1.45. The fraction of sp³-hybridized carbons (Fsp3) is 0. The molecule has 1 aromatic carbocycles. The van der Waals surface area contributed by atoms with Gasteiger partial charge in [0.15, 0.2) is 0 Å². The van der Waals surface area contributed by atoms with E-state index in [-0.39, 0.29) is 5.97 Å². The van der Waals surface area contributed by atoms with Gasteiger partial charge in [0, 0.05) is 5.38 Å². The van der Waals surface area contributed by atoms with Crippen LogP contribution in [0.15, 0.2) is 47.4 Å². The van der Waals surface area contributed by atoms with Gasteiger partial charge in [0.25, 0.3) is 0 Å². The molecular weight excluding hydrogens is 264 g/mol. The van der Waals surface area contributed by atoms with Gasteiger partial charge in [-0.25, -0.2) is 9.48 Å². The summed E-state index contributed by atoms with van der Waals surface area (Å²) in [5, 5.41) is 14.4. The van der Waals surface area contributed by atoms with Crippen molar-refractivity contribution in [3.63, 3.8) is 0 Å². The molecule has 2 heterocycles. The standard InChI is InChI=1S/C12H8N4O2S/c17-12(9-5-6-19-7-9)18-11-3-1-10(2-4-11)16-8-13-14-15-16/h1-8H. The minimum atomic E-state index is -0.364. The third-order valence-electron chi connectivity index (χ3n) is 2.42. The number of aromatic nitrogens is 4. The van der Waals surface area contributed by atoms with E-state index in [1.165, 1.54) is 22.3 Å². The Morgan fingerprint density at radius 3 is 2.68 bits per heavy atom. The summed E-state index contributed by atoms with van der Waals surface area (Å²) in [6.45, 7) is 0. The Balaban J connectivity index is 1.75. The Morgan fingerprint density at radius 2 is 2.05 bits per heavy atom. The van der Waals surface area contributed by atoms with Crippen LogP contribution in [0.5, 0.6) is 5.75 Å². The van der Waals surface area contributed by atoms with Gasteiger partial charge in [0.1, 0.15) is 12.1 Å². The molecular formula is C12H8N4O2S. The number of carbonyl (C=O) groups excluding carboxylic acids is 1. The minimum absolute atomic E-state index is 0.364. The number of thiophene rings is 1. The molecule has 2 aromatic heterocycles. The van der Waals surface area contributed by atoms with Crippen molar-refractivity contribution in [1.82, 2.24) is 20.2 Å². The van der Waals surface area contributed by atoms with Crippen molar-refractivity contribution in [3.8, 4) is 11.4 Å². The number of benzene rings is 1. The number of hydrogen-bond donors (Lipinski definition) is 0. The summed E-state index contributed by atoms with van der Waals surface area (Å²) in [7, 11) is 0. The average Bonchev–Trinajstić information content (AvgIpc) is 3.13. The highest BCUT2D eigenvalue weighted by molar-refractivity contribution is 7.08. The van der Waals surface area contributed by atoms with Gasteiger partial charge >= 0.3 is 5.97 Å². The van der Waals surface area contributed by atoms with Crippen LogP contribution in [0.2, 0.25) is 0 Å². The van der Waals surface area contributed by atoms with Gasteiger partial charge in [-0.3, -0.25) is 0 Å². The Bertz CT molecular complexity index is 662. The van der Waals surface area contributed by atoms with Crippen molar-refractivity contribution >= 4 is 17.3 Å². The molecule has 0 saturated heterocycles. The maximum Gasteiger partial charge on any atom is 0.344 e. The van der Waals surface area contributed by atoms with Crippen LogP contribution in [0.1, 0.15) is 10.4 Å². The lowest BCUT2D eigenvalue weighted by Gasteiger charge is -2.04. The van der Waals surface area contributed by atoms with Crippen molar-refractivity contribution in [1.29, 1.82) is 0 Å². The monoisotopic (exact) mass is 272 g/mol. The lowest BCUT2D eigenvalue weighted by Crippen LogP contribution is -2.07. The van der Waals surface area contributed by atoms with Crippen LogP contribution in [0, 0.1) is 0 Å². The second-order valence-corrected chi connectivity index (χ2v) is 4.43. The van der Waals surface area contributed by atoms with Gasteiger partial charge in [0.2, 0.25) is 0 Å². The number of nitrogens with zero attached hydrogens (tertiary/aromatic N) is 4. The molecule has 0 aliphatic carbocycles. The molecule has 0 aliphatic heterocycles. The second kappa shape index (κ2) is 4.99. The van der Waals surface area contributed by atoms with E-state index in [9.17, 15) is 4.79 Å². The molecule has 94 valence electrons. The summed E-state index contributed by atoms with van der Waals surface area (Å²) < 4.78 is 6.76. The van der Waals surface area contributed by atoms with Gasteiger partial charge in [-0.2, -0.15) is 11.3 Å². The van der Waals surface area contributed by atoms with E-state index in [4.69, 9.17) is 4.74 Å². The molecule has 0 spiro atoms. The molecule has 0 fully saturated rings. The largest absolute Gasteiger partial charge is 0.423 e. The molecule has 3 aromatic rings. The molecule has 0 unspecified atom stereocenters. The van der Waals surface area contributed by atoms with Crippen molar-refractivity contribution in [2.75, 3.05) is 0 Å². The molecule has 0 radical (unpaired) electrons. The van der Waals surface area contributed by atoms with E-state index in [1.54, 1.807) is 35.7 Å². The zero-order valence-corrected chi connectivity index (χ0v) is 10.4. The molecule has 0 atom stereocenters. The van der Waals surface area contributed by atoms with Crippen molar-refractivity contribution < 1.29 is 9.53 Å². The molecule has 0 N–H and O–H groups in total. The van der Waals surface area contributed by atoms with Gasteiger partial charge < -0.3 is 4.74 Å². The van der Waals surface area contributed by atoms with E-state index < -0.39 is 0 Å². The molecule has 0 aliphatic rings. The molecule has 3 rings (SSSR count). The molecule has 0 saturated carbocycles. The molecule has 19 heavy (non-hydrogen) atoms. The summed E-state index contributed by atoms with van der Waals surface area (Å²) in [5.74, 6) is 0.115. The van der Waals surface area contributed by atoms with E-state index >= 15 is 0 Å². The number of ether oxygens (including phenoxy) is 1. The molecule has 0 bridgehead atoms. The van der Waals surface area contributed by atoms with Crippen LogP contribution in [-0.2, 0) is 0 Å². The van der Waals surface area contributed by atoms with Crippen molar-refractivity contribution in [3.05, 3.63) is 53.0 Å². The lowest BCUT2D eigenvalue weighted by atomic mass is 10.3. The van der Waals surface area contributed by atoms with Gasteiger partial charge in [-0.05, 0) is 46.1 Å². The quantitative estimate of drug-likeness (QED) is 0.538. The van der Waals surface area contributed by atoms with E-state index in [0.29, 0.717) is 11.3 Å². The second-order valence-electron chi connectivity index (χ2n) is 3.65. The summed E-state index contributed by atoms with van der Waals surface area (Å²) in [6, 6.07) is 8.66. The average molecular weight is 272 g/mol. The number of rotatable bonds is 3. The predicted octanol–water partition coefficient (Wildman–Crippen LogP) is 1.94. The van der Waals surface area contributed by atoms with Crippen LogP contribution < -0.4 is 4.74 Å². The number of carbonyl (C=O) groups is 1. The Morgan fingerprint density at radius 1 is 1.21 bits per heavy atom. The topological polar surface area (TPSA) is 69.9 Å². The highest BCUT2D eigenvalue weighted by Crippen LogP contribution is 2.16. The van der Waals surface area contributed by atoms with E-state index in [1.807, 2.05) is 5.38 Å². The van der Waals surface area contributed by atoms with Crippen molar-refractivity contribution in [2.45, 2.75) is 0 Å². The fourth-order valence-corrected chi connectivity index (χ4v) is 2.12. The number of hydrogen-bond acceptors (Lipinski definition) is 6. The fourth-order valence-electron chi connectivity index (χ4n) is 1.49. The first kappa shape index (κ1) is 11.5. The highest BCUT2D eigenvalue weighted by Gasteiger charge is 2.08. The zero-order valence-electron chi connectivity index (χ0n) is 9.63. The first-order valence-corrected chi connectivity index (χ1v) is 6.35. The third kappa shape index (κ3) is 2.50. The highest BCUT2D eigenvalue weighted by atomic mass is 32.1. The van der Waals surface area contributed by atoms with Crippen LogP contribution in [0.4, 0.5) is 0 Å². The minimum Gasteiger partial charge on any atom is -0.423 e. The molecule has 7 heteroatoms. The van der Waals surface area contributed by atoms with E-state index in [2.05, 4.69) is 15.5 Å². The Kier molecular flexibility index (Phi) is 3.03. The maximum atomic E-state index is 11.7. The molecule has 0 amide bonds. The zero-order chi connectivity index (χ0) is 13.1. The summed E-state index contributed by atoms with van der Waals surface area (Å²) in [6.07, 6.45) is 1.49. The SMILES string of the molecule is O=C(Oc1ccc(-n2cnnn2)cc1)c1ccsc1. The van der Waals surface area contributed by atoms with Crippen LogP contribution in [0.3, 0.4) is 0 Å². The smallest absolute Gasteiger partial charge is 0.344 e. The lowest BCUT2D eigenvalue weighted by molar-refractivity contribution is 0.0735. The Hall–Kier alpha value is -2.54. The van der Waals surface area contributed by atoms with Crippen LogP contribution >= 0.6 is 11.3 Å². The van der Waals surface area contributed by atoms with Crippen LogP contribution in [0.25, 0.3) is 5.69 Å². The summed E-state index contributed by atoms with van der Waals surface area (Å²) in [5.41, 5.74) is 1.34. The summed E-state index contributed by atoms with van der Waals surface area (Å²) in [4.78, 5) is 11.7. The van der Waals surface area contributed by atoms with Crippen LogP contribution in [-0.4, -0.2) is 26.2 Å².